The molecule has 0 bridgehead atoms. The first-order chi connectivity index (χ1) is 17.7. The Morgan fingerprint density at radius 3 is 1.08 bits per heavy atom. The van der Waals surface area contributed by atoms with Gasteiger partial charge >= 0.3 is 21.7 Å². The number of benzene rings is 4. The quantitative estimate of drug-likeness (QED) is 0.185. The molecule has 0 heterocycles. The fourth-order valence-corrected chi connectivity index (χ4v) is 3.38. The van der Waals surface area contributed by atoms with E-state index in [4.69, 9.17) is 0 Å². The minimum atomic E-state index is 0. The standard InChI is InChI=1S/2C11H9.2C7H7.Ti/c2*1-2-6-10(7-3-1)11-8-4-5-9-11;2*1-7-5-3-2-4-6-7;/h2*1-4,6-8H,5H2;2*3-6H,1H3;/q4*-1;+4. The van der Waals surface area contributed by atoms with Crippen LogP contribution in [0.3, 0.4) is 0 Å². The van der Waals surface area contributed by atoms with E-state index in [-0.39, 0.29) is 21.7 Å². The Morgan fingerprint density at radius 2 is 0.838 bits per heavy atom. The van der Waals surface area contributed by atoms with Gasteiger partial charge in [0.1, 0.15) is 0 Å². The van der Waals surface area contributed by atoms with Gasteiger partial charge in [0, 0.05) is 0 Å². The van der Waals surface area contributed by atoms with Gasteiger partial charge in [-0.05, 0) is 0 Å². The van der Waals surface area contributed by atoms with Crippen molar-refractivity contribution >= 4 is 11.1 Å². The van der Waals surface area contributed by atoms with E-state index in [1.54, 1.807) is 0 Å². The zero-order chi connectivity index (χ0) is 25.3. The Bertz CT molecular complexity index is 1150. The maximum absolute atomic E-state index is 3.28. The molecule has 0 spiro atoms. The van der Waals surface area contributed by atoms with Gasteiger partial charge < -0.3 is 0 Å². The molecule has 6 rings (SSSR count). The van der Waals surface area contributed by atoms with E-state index in [1.165, 1.54) is 33.4 Å². The average molecular weight is 513 g/mol. The van der Waals surface area contributed by atoms with E-state index in [9.17, 15) is 0 Å². The summed E-state index contributed by atoms with van der Waals surface area (Å²) in [6.45, 7) is 4.13. The molecular weight excluding hydrogens is 480 g/mol. The van der Waals surface area contributed by atoms with Crippen LogP contribution in [0.4, 0.5) is 0 Å². The summed E-state index contributed by atoms with van der Waals surface area (Å²) in [5, 5.41) is 0. The second-order valence-electron chi connectivity index (χ2n) is 8.28. The average Bonchev–Trinajstić information content (AvgIpc) is 3.67. The molecule has 0 aromatic heterocycles. The molecule has 180 valence electrons. The Balaban J connectivity index is 0.000000176. The third-order valence-corrected chi connectivity index (χ3v) is 5.33. The Hall–Kier alpha value is -3.45. The number of hydrogen-bond donors (Lipinski definition) is 0. The fourth-order valence-electron chi connectivity index (χ4n) is 3.38. The molecule has 4 aromatic carbocycles. The molecule has 0 saturated carbocycles. The van der Waals surface area contributed by atoms with Crippen molar-refractivity contribution in [2.24, 2.45) is 0 Å². The van der Waals surface area contributed by atoms with Crippen molar-refractivity contribution in [3.63, 3.8) is 0 Å². The van der Waals surface area contributed by atoms with E-state index in [1.807, 2.05) is 60.7 Å². The van der Waals surface area contributed by atoms with E-state index in [2.05, 4.69) is 111 Å². The van der Waals surface area contributed by atoms with Crippen LogP contribution in [0.5, 0.6) is 0 Å². The summed E-state index contributed by atoms with van der Waals surface area (Å²) in [4.78, 5) is 0. The number of aryl methyl sites for hydroxylation is 2. The second kappa shape index (κ2) is 17.9. The summed E-state index contributed by atoms with van der Waals surface area (Å²) in [6.07, 6.45) is 17.0. The van der Waals surface area contributed by atoms with Crippen LogP contribution in [0.2, 0.25) is 0 Å². The molecule has 0 amide bonds. The molecule has 0 atom stereocenters. The fraction of sp³-hybridized carbons (Fsp3) is 0.111. The van der Waals surface area contributed by atoms with Crippen LogP contribution in [0.15, 0.2) is 133 Å². The van der Waals surface area contributed by atoms with Gasteiger partial charge in [0.05, 0.1) is 0 Å². The van der Waals surface area contributed by atoms with Crippen LogP contribution in [0.25, 0.3) is 11.1 Å². The van der Waals surface area contributed by atoms with E-state index in [0.29, 0.717) is 0 Å². The minimum Gasteiger partial charge on any atom is -0.197 e. The van der Waals surface area contributed by atoms with Gasteiger partial charge in [-0.25, -0.2) is 0 Å². The Morgan fingerprint density at radius 1 is 0.486 bits per heavy atom. The molecule has 4 aromatic rings. The smallest absolute Gasteiger partial charge is 0.197 e. The molecule has 0 aliphatic heterocycles. The van der Waals surface area contributed by atoms with Crippen molar-refractivity contribution in [2.45, 2.75) is 26.7 Å². The molecule has 0 N–H and O–H groups in total. The monoisotopic (exact) mass is 512 g/mol. The van der Waals surface area contributed by atoms with Gasteiger partial charge in [0.2, 0.25) is 0 Å². The van der Waals surface area contributed by atoms with Crippen LogP contribution in [-0.4, -0.2) is 0 Å². The van der Waals surface area contributed by atoms with Crippen molar-refractivity contribution in [2.75, 3.05) is 0 Å². The summed E-state index contributed by atoms with van der Waals surface area (Å²) >= 11 is 0. The van der Waals surface area contributed by atoms with Gasteiger partial charge in [-0.15, -0.1) is 47.5 Å². The van der Waals surface area contributed by atoms with Gasteiger partial charge in [-0.1, -0.05) is 63.1 Å². The normalized spacial score (nSPS) is 12.3. The molecule has 0 unspecified atom stereocenters. The molecule has 37 heavy (non-hydrogen) atoms. The molecule has 2 aliphatic carbocycles. The summed E-state index contributed by atoms with van der Waals surface area (Å²) in [5.74, 6) is 0. The van der Waals surface area contributed by atoms with Crippen LogP contribution in [0, 0.1) is 38.1 Å². The molecule has 0 radical (unpaired) electrons. The Kier molecular flexibility index (Phi) is 14.4. The number of hydrogen-bond acceptors (Lipinski definition) is 0. The van der Waals surface area contributed by atoms with Gasteiger partial charge in [0.15, 0.2) is 0 Å². The predicted octanol–water partition coefficient (Wildman–Crippen LogP) is 9.25. The van der Waals surface area contributed by atoms with E-state index >= 15 is 0 Å². The summed E-state index contributed by atoms with van der Waals surface area (Å²) < 4.78 is 0. The van der Waals surface area contributed by atoms with Crippen molar-refractivity contribution < 1.29 is 21.7 Å². The maximum atomic E-state index is 3.28. The van der Waals surface area contributed by atoms with E-state index in [0.717, 1.165) is 12.8 Å². The predicted molar refractivity (Wildman–Crippen MR) is 154 cm³/mol. The third kappa shape index (κ3) is 11.9. The number of allylic oxidation sites excluding steroid dienone is 8. The third-order valence-electron chi connectivity index (χ3n) is 5.33. The molecule has 0 fully saturated rings. The summed E-state index contributed by atoms with van der Waals surface area (Å²) in [7, 11) is 0. The second-order valence-corrected chi connectivity index (χ2v) is 8.28. The zero-order valence-electron chi connectivity index (χ0n) is 21.6. The SMILES string of the molecule is Cc1cc[c-]cc1.Cc1cc[c-]cc1.[C-]1=C(c2ccccc2)C=CC1.[C-]1=C(c2ccccc2)C=CC1.[Ti+4]. The minimum absolute atomic E-state index is 0. The molecule has 0 saturated heterocycles. The largest absolute Gasteiger partial charge is 4.00 e. The summed E-state index contributed by atoms with van der Waals surface area (Å²) in [6, 6.07) is 42.3. The molecule has 0 nitrogen and oxygen atoms in total. The van der Waals surface area contributed by atoms with Crippen molar-refractivity contribution in [3.05, 3.63) is 180 Å². The van der Waals surface area contributed by atoms with Crippen LogP contribution in [0.1, 0.15) is 35.1 Å². The summed E-state index contributed by atoms with van der Waals surface area (Å²) in [5.41, 5.74) is 7.57. The first-order valence-electron chi connectivity index (χ1n) is 12.2. The van der Waals surface area contributed by atoms with Crippen LogP contribution >= 0.6 is 0 Å². The number of rotatable bonds is 2. The van der Waals surface area contributed by atoms with Crippen molar-refractivity contribution in [1.82, 2.24) is 0 Å². The maximum Gasteiger partial charge on any atom is 4.00 e. The van der Waals surface area contributed by atoms with Crippen LogP contribution in [-0.2, 0) is 21.7 Å². The van der Waals surface area contributed by atoms with Gasteiger partial charge in [-0.3, -0.25) is 0 Å². The van der Waals surface area contributed by atoms with Gasteiger partial charge in [0.25, 0.3) is 0 Å². The first kappa shape index (κ1) is 29.8. The molecule has 2 aliphatic rings. The van der Waals surface area contributed by atoms with Crippen molar-refractivity contribution in [3.8, 4) is 0 Å². The van der Waals surface area contributed by atoms with Gasteiger partial charge in [-0.2, -0.15) is 107 Å². The molecular formula is C36H32Ti. The topological polar surface area (TPSA) is 0 Å². The van der Waals surface area contributed by atoms with Crippen molar-refractivity contribution in [1.29, 1.82) is 0 Å². The van der Waals surface area contributed by atoms with E-state index < -0.39 is 0 Å². The Labute approximate surface area is 238 Å². The first-order valence-corrected chi connectivity index (χ1v) is 12.2. The zero-order valence-corrected chi connectivity index (χ0v) is 23.2. The molecule has 1 heteroatoms. The van der Waals surface area contributed by atoms with Crippen LogP contribution < -0.4 is 0 Å².